The van der Waals surface area contributed by atoms with Crippen LogP contribution in [0.2, 0.25) is 0 Å². The molecule has 0 N–H and O–H groups in total. The third kappa shape index (κ3) is 3.74. The number of rotatable bonds is 0. The second kappa shape index (κ2) is 2.01. The first-order chi connectivity index (χ1) is 2.27. The van der Waals surface area contributed by atoms with Gasteiger partial charge >= 0.3 is 0 Å². The Morgan fingerprint density at radius 2 is 2.00 bits per heavy atom. The molecule has 0 rings (SSSR count). The minimum absolute atomic E-state index is 0.880. The highest BCUT2D eigenvalue weighted by molar-refractivity contribution is 4.97. The zero-order valence-electron chi connectivity index (χ0n) is 3.65. The van der Waals surface area contributed by atoms with E-state index in [0.717, 1.165) is 5.57 Å². The van der Waals surface area contributed by atoms with Gasteiger partial charge in [-0.2, -0.15) is 0 Å². The van der Waals surface area contributed by atoms with Crippen molar-refractivity contribution in [3.8, 4) is 0 Å². The molecule has 0 aromatic heterocycles. The van der Waals surface area contributed by atoms with E-state index in [-0.39, 0.29) is 0 Å². The fraction of sp³-hybridized carbons (Fsp3) is 0.400. The number of hydrogen-bond donors (Lipinski definition) is 0. The molecule has 0 aromatic carbocycles. The van der Waals surface area contributed by atoms with Gasteiger partial charge in [0.05, 0.1) is 0 Å². The van der Waals surface area contributed by atoms with Gasteiger partial charge in [0.25, 0.3) is 0 Å². The Bertz CT molecular complexity index is 38.0. The Balaban J connectivity index is 3.14. The third-order valence-corrected chi connectivity index (χ3v) is 0.455. The average molecular weight is 68.1 g/mol. The molecule has 0 fully saturated rings. The van der Waals surface area contributed by atoms with Crippen molar-refractivity contribution in [2.75, 3.05) is 0 Å². The van der Waals surface area contributed by atoms with E-state index >= 15 is 0 Å². The molecule has 0 heterocycles. The molecular weight excluding hydrogens is 60.1 g/mol. The number of hydrogen-bond acceptors (Lipinski definition) is 0. The van der Waals surface area contributed by atoms with E-state index in [0.29, 0.717) is 0 Å². The Kier molecular flexibility index (Phi) is 1.90. The average Bonchev–Trinajstić information content (AvgIpc) is 1.38. The summed E-state index contributed by atoms with van der Waals surface area (Å²) in [5.41, 5.74) is 0.880. The summed E-state index contributed by atoms with van der Waals surface area (Å²) in [6.45, 7) is 8.93. The largest absolute Gasteiger partial charge is 0.0884 e. The van der Waals surface area contributed by atoms with Crippen molar-refractivity contribution in [3.63, 3.8) is 0 Å². The lowest BCUT2D eigenvalue weighted by molar-refractivity contribution is 1.49. The van der Waals surface area contributed by atoms with Crippen molar-refractivity contribution < 1.29 is 0 Å². The predicted molar refractivity (Wildman–Crippen MR) is 23.7 cm³/mol. The fourth-order valence-corrected chi connectivity index (χ4v) is 0. The molecule has 0 saturated heterocycles. The second-order valence-electron chi connectivity index (χ2n) is 1.03. The molecule has 5 heavy (non-hydrogen) atoms. The molecule has 0 bridgehead atoms. The first kappa shape index (κ1) is 4.74. The molecule has 0 saturated carbocycles. The van der Waals surface area contributed by atoms with Crippen LogP contribution < -0.4 is 0 Å². The van der Waals surface area contributed by atoms with E-state index < -0.39 is 0 Å². The molecule has 0 nitrogen and oxygen atoms in total. The van der Waals surface area contributed by atoms with E-state index in [1.54, 1.807) is 0 Å². The predicted octanol–water partition coefficient (Wildman–Crippen LogP) is 1.66. The lowest BCUT2D eigenvalue weighted by Gasteiger charge is -1.73. The maximum Gasteiger partial charge on any atom is -0.00631 e. The fourth-order valence-electron chi connectivity index (χ4n) is 0. The highest BCUT2D eigenvalue weighted by Gasteiger charge is 1.61. The zero-order chi connectivity index (χ0) is 4.28. The standard InChI is InChI=1S/C5H8/c1-4-5(2)3/h2,4H,1,3H3/b5-4+. The van der Waals surface area contributed by atoms with Crippen LogP contribution in [0.5, 0.6) is 0 Å². The van der Waals surface area contributed by atoms with Crippen LogP contribution in [0.4, 0.5) is 0 Å². The van der Waals surface area contributed by atoms with E-state index in [2.05, 4.69) is 0 Å². The molecule has 0 amide bonds. The summed E-state index contributed by atoms with van der Waals surface area (Å²) in [6, 6.07) is 0. The number of allylic oxidation sites excluding steroid dienone is 2. The van der Waals surface area contributed by atoms with Gasteiger partial charge in [-0.15, -0.1) is 0 Å². The molecule has 0 atom stereocenters. The van der Waals surface area contributed by atoms with Crippen LogP contribution in [-0.2, 0) is 0 Å². The van der Waals surface area contributed by atoms with Gasteiger partial charge in [-0.05, 0) is 20.8 Å². The summed E-state index contributed by atoms with van der Waals surface area (Å²) in [4.78, 5) is 0. The van der Waals surface area contributed by atoms with E-state index in [4.69, 9.17) is 6.92 Å². The molecular formula is C5H8. The molecule has 0 aliphatic heterocycles. The van der Waals surface area contributed by atoms with Gasteiger partial charge < -0.3 is 0 Å². The highest BCUT2D eigenvalue weighted by atomic mass is 13.7. The van der Waals surface area contributed by atoms with Gasteiger partial charge in [0, 0.05) is 0 Å². The molecule has 2 radical (unpaired) electrons. The van der Waals surface area contributed by atoms with Crippen molar-refractivity contribution in [1.82, 2.24) is 0 Å². The van der Waals surface area contributed by atoms with E-state index in [1.807, 2.05) is 19.9 Å². The SMILES string of the molecule is [CH]/C(C)=C\C. The maximum atomic E-state index is 5.15. The van der Waals surface area contributed by atoms with Crippen LogP contribution in [-0.4, -0.2) is 0 Å². The smallest absolute Gasteiger partial charge is 0.00631 e. The van der Waals surface area contributed by atoms with Gasteiger partial charge in [-0.1, -0.05) is 11.6 Å². The quantitative estimate of drug-likeness (QED) is 0.405. The van der Waals surface area contributed by atoms with Crippen molar-refractivity contribution in [2.45, 2.75) is 13.8 Å². The van der Waals surface area contributed by atoms with E-state index in [9.17, 15) is 0 Å². The first-order valence-corrected chi connectivity index (χ1v) is 1.65. The minimum atomic E-state index is 0.880. The summed E-state index contributed by atoms with van der Waals surface area (Å²) in [5, 5.41) is 0. The highest BCUT2D eigenvalue weighted by Crippen LogP contribution is 1.81. The molecule has 28 valence electrons. The van der Waals surface area contributed by atoms with Crippen LogP contribution in [0.1, 0.15) is 13.8 Å². The summed E-state index contributed by atoms with van der Waals surface area (Å²) >= 11 is 0. The first-order valence-electron chi connectivity index (χ1n) is 1.65. The van der Waals surface area contributed by atoms with Crippen LogP contribution >= 0.6 is 0 Å². The lowest BCUT2D eigenvalue weighted by atomic mass is 10.3. The van der Waals surface area contributed by atoms with E-state index in [1.165, 1.54) is 0 Å². The molecule has 0 heteroatoms. The summed E-state index contributed by atoms with van der Waals surface area (Å²) in [5.74, 6) is 0. The Morgan fingerprint density at radius 3 is 2.00 bits per heavy atom. The van der Waals surface area contributed by atoms with Gasteiger partial charge in [0.1, 0.15) is 0 Å². The van der Waals surface area contributed by atoms with Crippen LogP contribution in [0, 0.1) is 6.92 Å². The third-order valence-electron chi connectivity index (χ3n) is 0.455. The van der Waals surface area contributed by atoms with Crippen molar-refractivity contribution in [1.29, 1.82) is 0 Å². The topological polar surface area (TPSA) is 0 Å². The van der Waals surface area contributed by atoms with Gasteiger partial charge in [-0.3, -0.25) is 0 Å². The van der Waals surface area contributed by atoms with Crippen LogP contribution in [0.15, 0.2) is 11.6 Å². The molecule has 0 spiro atoms. The molecule has 0 aliphatic rings. The van der Waals surface area contributed by atoms with Crippen LogP contribution in [0.25, 0.3) is 0 Å². The Morgan fingerprint density at radius 1 is 1.80 bits per heavy atom. The van der Waals surface area contributed by atoms with Gasteiger partial charge in [0.15, 0.2) is 0 Å². The van der Waals surface area contributed by atoms with Crippen molar-refractivity contribution in [2.24, 2.45) is 0 Å². The molecule has 0 unspecified atom stereocenters. The monoisotopic (exact) mass is 68.1 g/mol. The van der Waals surface area contributed by atoms with Gasteiger partial charge in [-0.25, -0.2) is 0 Å². The lowest BCUT2D eigenvalue weighted by Crippen LogP contribution is -1.53. The normalized spacial score (nSPS) is 12.2. The summed E-state index contributed by atoms with van der Waals surface area (Å²) < 4.78 is 0. The zero-order valence-corrected chi connectivity index (χ0v) is 3.65. The molecule has 0 aliphatic carbocycles. The Hall–Kier alpha value is -0.260. The van der Waals surface area contributed by atoms with Gasteiger partial charge in [0.2, 0.25) is 0 Å². The second-order valence-corrected chi connectivity index (χ2v) is 1.03. The summed E-state index contributed by atoms with van der Waals surface area (Å²) in [7, 11) is 0. The summed E-state index contributed by atoms with van der Waals surface area (Å²) in [6.07, 6.45) is 1.86. The maximum absolute atomic E-state index is 5.15. The minimum Gasteiger partial charge on any atom is -0.0884 e. The van der Waals surface area contributed by atoms with Crippen molar-refractivity contribution in [3.05, 3.63) is 18.6 Å². The Labute approximate surface area is 33.5 Å². The molecule has 0 aromatic rings. The van der Waals surface area contributed by atoms with Crippen molar-refractivity contribution >= 4 is 0 Å². The van der Waals surface area contributed by atoms with Crippen LogP contribution in [0.3, 0.4) is 0 Å².